The van der Waals surface area contributed by atoms with Crippen LogP contribution in [0.1, 0.15) is 43.5 Å². The average molecular weight is 370 g/mol. The molecule has 4 N–H and O–H groups in total. The maximum Gasteiger partial charge on any atom is 0.251 e. The summed E-state index contributed by atoms with van der Waals surface area (Å²) in [5, 5.41) is 5.80. The third-order valence-electron chi connectivity index (χ3n) is 4.53. The number of halogens is 1. The van der Waals surface area contributed by atoms with Crippen LogP contribution in [0.4, 0.5) is 5.69 Å². The van der Waals surface area contributed by atoms with Crippen LogP contribution >= 0.6 is 12.4 Å². The van der Waals surface area contributed by atoms with Crippen LogP contribution in [0.2, 0.25) is 0 Å². The number of ether oxygens (including phenoxy) is 1. The summed E-state index contributed by atoms with van der Waals surface area (Å²) in [6, 6.07) is 6.49. The molecule has 0 spiro atoms. The zero-order valence-corrected chi connectivity index (χ0v) is 15.6. The summed E-state index contributed by atoms with van der Waals surface area (Å²) in [5.74, 6) is -0.186. The second kappa shape index (κ2) is 10.4. The summed E-state index contributed by atoms with van der Waals surface area (Å²) in [6.07, 6.45) is 2.53. The maximum atomic E-state index is 12.2. The molecule has 25 heavy (non-hydrogen) atoms. The average Bonchev–Trinajstić information content (AvgIpc) is 2.61. The summed E-state index contributed by atoms with van der Waals surface area (Å²) < 4.78 is 5.28. The van der Waals surface area contributed by atoms with E-state index in [2.05, 4.69) is 10.6 Å². The highest BCUT2D eigenvalue weighted by Crippen LogP contribution is 2.13. The van der Waals surface area contributed by atoms with E-state index in [1.807, 2.05) is 13.8 Å². The first kappa shape index (κ1) is 21.4. The lowest BCUT2D eigenvalue weighted by molar-refractivity contribution is -0.118. The van der Waals surface area contributed by atoms with Crippen molar-refractivity contribution >= 4 is 29.9 Å². The van der Waals surface area contributed by atoms with Crippen molar-refractivity contribution in [3.8, 4) is 0 Å². The van der Waals surface area contributed by atoms with Crippen molar-refractivity contribution in [2.24, 2.45) is 11.7 Å². The third-order valence-corrected chi connectivity index (χ3v) is 4.53. The highest BCUT2D eigenvalue weighted by atomic mass is 35.5. The Morgan fingerprint density at radius 2 is 1.84 bits per heavy atom. The van der Waals surface area contributed by atoms with E-state index >= 15 is 0 Å². The smallest absolute Gasteiger partial charge is 0.251 e. The van der Waals surface area contributed by atoms with Crippen molar-refractivity contribution in [2.45, 2.75) is 45.2 Å². The quantitative estimate of drug-likeness (QED) is 0.717. The van der Waals surface area contributed by atoms with Gasteiger partial charge in [0.1, 0.15) is 0 Å². The molecular weight excluding hydrogens is 342 g/mol. The molecule has 0 aliphatic carbocycles. The number of benzene rings is 1. The number of anilines is 1. The number of nitrogens with one attached hydrogen (secondary N) is 2. The molecule has 1 fully saturated rings. The van der Waals surface area contributed by atoms with Gasteiger partial charge in [0.05, 0.1) is 6.04 Å². The molecule has 1 aliphatic rings. The fraction of sp³-hybridized carbons (Fsp3) is 0.556. The minimum absolute atomic E-state index is 0. The summed E-state index contributed by atoms with van der Waals surface area (Å²) in [4.78, 5) is 24.3. The first-order valence-corrected chi connectivity index (χ1v) is 8.56. The van der Waals surface area contributed by atoms with Crippen LogP contribution in [0.15, 0.2) is 24.3 Å². The second-order valence-electron chi connectivity index (χ2n) is 6.34. The Balaban J connectivity index is 0.00000312. The van der Waals surface area contributed by atoms with Crippen LogP contribution in [0, 0.1) is 5.92 Å². The van der Waals surface area contributed by atoms with Crippen LogP contribution < -0.4 is 16.4 Å². The molecule has 7 heteroatoms. The van der Waals surface area contributed by atoms with Gasteiger partial charge in [-0.05, 0) is 43.0 Å². The number of nitrogens with two attached hydrogens (primary N) is 1. The minimum Gasteiger partial charge on any atom is -0.381 e. The zero-order valence-electron chi connectivity index (χ0n) is 14.8. The minimum atomic E-state index is -0.536. The first-order chi connectivity index (χ1) is 11.5. The van der Waals surface area contributed by atoms with E-state index < -0.39 is 6.04 Å². The fourth-order valence-corrected chi connectivity index (χ4v) is 2.55. The van der Waals surface area contributed by atoms with Crippen molar-refractivity contribution in [2.75, 3.05) is 18.5 Å². The molecule has 2 rings (SSSR count). The van der Waals surface area contributed by atoms with E-state index in [4.69, 9.17) is 10.5 Å². The standard InChI is InChI=1S/C18H27N3O3.ClH/c1-3-12(2)16(19)18(23)21-14-6-4-13(5-7-14)17(22)20-15-8-10-24-11-9-15;/h4-7,12,15-16H,3,8-11,19H2,1-2H3,(H,20,22)(H,21,23);1H. The fourth-order valence-electron chi connectivity index (χ4n) is 2.55. The van der Waals surface area contributed by atoms with Gasteiger partial charge in [0, 0.05) is 30.5 Å². The number of rotatable bonds is 6. The van der Waals surface area contributed by atoms with E-state index in [-0.39, 0.29) is 36.2 Å². The largest absolute Gasteiger partial charge is 0.381 e. The Bertz CT molecular complexity index is 559. The molecule has 1 aromatic carbocycles. The molecule has 1 aromatic rings. The Hall–Kier alpha value is -1.63. The van der Waals surface area contributed by atoms with E-state index in [9.17, 15) is 9.59 Å². The van der Waals surface area contributed by atoms with Gasteiger partial charge in [-0.25, -0.2) is 0 Å². The summed E-state index contributed by atoms with van der Waals surface area (Å²) in [6.45, 7) is 5.33. The van der Waals surface area contributed by atoms with Crippen LogP contribution in [0.3, 0.4) is 0 Å². The molecule has 1 saturated heterocycles. The molecule has 1 aliphatic heterocycles. The highest BCUT2D eigenvalue weighted by Gasteiger charge is 2.20. The second-order valence-corrected chi connectivity index (χ2v) is 6.34. The molecule has 0 aromatic heterocycles. The van der Waals surface area contributed by atoms with Crippen molar-refractivity contribution in [1.82, 2.24) is 5.32 Å². The topological polar surface area (TPSA) is 93.5 Å². The van der Waals surface area contributed by atoms with Gasteiger partial charge in [0.15, 0.2) is 0 Å². The first-order valence-electron chi connectivity index (χ1n) is 8.56. The van der Waals surface area contributed by atoms with Gasteiger partial charge in [0.25, 0.3) is 5.91 Å². The Morgan fingerprint density at radius 3 is 2.40 bits per heavy atom. The van der Waals surface area contributed by atoms with Gasteiger partial charge in [-0.15, -0.1) is 12.4 Å². The molecule has 2 atom stereocenters. The van der Waals surface area contributed by atoms with Crippen LogP contribution in [0.25, 0.3) is 0 Å². The van der Waals surface area contributed by atoms with Crippen molar-refractivity contribution in [3.05, 3.63) is 29.8 Å². The molecule has 2 amide bonds. The van der Waals surface area contributed by atoms with E-state index in [0.29, 0.717) is 24.5 Å². The van der Waals surface area contributed by atoms with Gasteiger partial charge in [0.2, 0.25) is 5.91 Å². The van der Waals surface area contributed by atoms with Crippen LogP contribution in [-0.2, 0) is 9.53 Å². The number of carbonyl (C=O) groups is 2. The summed E-state index contributed by atoms with van der Waals surface area (Å²) in [5.41, 5.74) is 7.13. The summed E-state index contributed by atoms with van der Waals surface area (Å²) >= 11 is 0. The zero-order chi connectivity index (χ0) is 17.5. The van der Waals surface area contributed by atoms with Crippen molar-refractivity contribution in [1.29, 1.82) is 0 Å². The van der Waals surface area contributed by atoms with Crippen molar-refractivity contribution < 1.29 is 14.3 Å². The Kier molecular flexibility index (Phi) is 8.89. The molecule has 0 bridgehead atoms. The number of amides is 2. The number of hydrogen-bond acceptors (Lipinski definition) is 4. The number of carbonyl (C=O) groups excluding carboxylic acids is 2. The van der Waals surface area contributed by atoms with E-state index in [0.717, 1.165) is 19.3 Å². The SMILES string of the molecule is CCC(C)C(N)C(=O)Nc1ccc(C(=O)NC2CCOCC2)cc1.Cl. The number of hydrogen-bond donors (Lipinski definition) is 3. The molecule has 6 nitrogen and oxygen atoms in total. The van der Waals surface area contributed by atoms with Crippen LogP contribution in [0.5, 0.6) is 0 Å². The lowest BCUT2D eigenvalue weighted by Gasteiger charge is -2.23. The maximum absolute atomic E-state index is 12.2. The lowest BCUT2D eigenvalue weighted by atomic mass is 9.99. The summed E-state index contributed by atoms with van der Waals surface area (Å²) in [7, 11) is 0. The molecule has 140 valence electrons. The van der Waals surface area contributed by atoms with E-state index in [1.165, 1.54) is 0 Å². The van der Waals surface area contributed by atoms with Gasteiger partial charge >= 0.3 is 0 Å². The lowest BCUT2D eigenvalue weighted by Crippen LogP contribution is -2.40. The van der Waals surface area contributed by atoms with E-state index in [1.54, 1.807) is 24.3 Å². The van der Waals surface area contributed by atoms with Crippen molar-refractivity contribution in [3.63, 3.8) is 0 Å². The molecule has 0 saturated carbocycles. The Labute approximate surface area is 155 Å². The predicted molar refractivity (Wildman–Crippen MR) is 101 cm³/mol. The molecular formula is C18H28ClN3O3. The predicted octanol–water partition coefficient (Wildman–Crippen LogP) is 2.33. The molecule has 0 radical (unpaired) electrons. The monoisotopic (exact) mass is 369 g/mol. The molecule has 2 unspecified atom stereocenters. The van der Waals surface area contributed by atoms with Crippen LogP contribution in [-0.4, -0.2) is 37.1 Å². The Morgan fingerprint density at radius 1 is 1.24 bits per heavy atom. The van der Waals surface area contributed by atoms with Gasteiger partial charge in [-0.1, -0.05) is 20.3 Å². The molecule has 1 heterocycles. The normalized spacial score (nSPS) is 17.1. The van der Waals surface area contributed by atoms with Gasteiger partial charge in [-0.3, -0.25) is 9.59 Å². The van der Waals surface area contributed by atoms with Gasteiger partial charge in [-0.2, -0.15) is 0 Å². The third kappa shape index (κ3) is 6.30. The van der Waals surface area contributed by atoms with Gasteiger partial charge < -0.3 is 21.1 Å². The highest BCUT2D eigenvalue weighted by molar-refractivity contribution is 5.97.